The fraction of sp³-hybridized carbons (Fsp3) is 0.250. The van der Waals surface area contributed by atoms with Crippen molar-refractivity contribution in [1.29, 1.82) is 0 Å². The van der Waals surface area contributed by atoms with Crippen molar-refractivity contribution in [2.24, 2.45) is 5.92 Å². The van der Waals surface area contributed by atoms with E-state index < -0.39 is 0 Å². The Hall–Kier alpha value is -2.36. The lowest BCUT2D eigenvalue weighted by Gasteiger charge is -2.33. The summed E-state index contributed by atoms with van der Waals surface area (Å²) in [5.41, 5.74) is 2.19. The van der Waals surface area contributed by atoms with E-state index in [2.05, 4.69) is 11.9 Å². The van der Waals surface area contributed by atoms with Gasteiger partial charge in [0.1, 0.15) is 5.75 Å². The monoisotopic (exact) mass is 268 g/mol. The van der Waals surface area contributed by atoms with E-state index in [1.165, 1.54) is 12.3 Å². The number of nitrogens with zero attached hydrogens (tertiary/aromatic N) is 2. The first-order valence-corrected chi connectivity index (χ1v) is 6.70. The third kappa shape index (κ3) is 2.13. The number of hydrogen-bond acceptors (Lipinski definition) is 3. The summed E-state index contributed by atoms with van der Waals surface area (Å²) in [5, 5.41) is 9.82. The van der Waals surface area contributed by atoms with Gasteiger partial charge < -0.3 is 10.0 Å². The maximum atomic E-state index is 12.6. The van der Waals surface area contributed by atoms with E-state index in [1.54, 1.807) is 11.0 Å². The Morgan fingerprint density at radius 2 is 2.10 bits per heavy atom. The molecule has 0 spiro atoms. The summed E-state index contributed by atoms with van der Waals surface area (Å²) >= 11 is 0. The number of rotatable bonds is 1. The highest BCUT2D eigenvalue weighted by atomic mass is 16.3. The van der Waals surface area contributed by atoms with Crippen LogP contribution in [0.5, 0.6) is 5.75 Å². The van der Waals surface area contributed by atoms with E-state index in [4.69, 9.17) is 0 Å². The third-order valence-electron chi connectivity index (χ3n) is 3.58. The molecule has 2 heterocycles. The molecule has 102 valence electrons. The minimum absolute atomic E-state index is 0.0757. The molecule has 1 aromatic heterocycles. The third-order valence-corrected chi connectivity index (χ3v) is 3.58. The lowest BCUT2D eigenvalue weighted by atomic mass is 9.93. The first kappa shape index (κ1) is 12.7. The number of carbonyl (C=O) groups is 1. The van der Waals surface area contributed by atoms with Crippen LogP contribution in [0.4, 0.5) is 5.69 Å². The van der Waals surface area contributed by atoms with Crippen molar-refractivity contribution in [1.82, 2.24) is 4.98 Å². The van der Waals surface area contributed by atoms with Gasteiger partial charge in [-0.15, -0.1) is 0 Å². The smallest absolute Gasteiger partial charge is 0.280 e. The Bertz CT molecular complexity index is 654. The molecular weight excluding hydrogens is 252 g/mol. The maximum Gasteiger partial charge on any atom is 0.280 e. The van der Waals surface area contributed by atoms with Gasteiger partial charge in [0.15, 0.2) is 5.69 Å². The largest absolute Gasteiger partial charge is 0.505 e. The van der Waals surface area contributed by atoms with Crippen molar-refractivity contribution >= 4 is 11.6 Å². The fourth-order valence-electron chi connectivity index (χ4n) is 2.68. The Kier molecular flexibility index (Phi) is 3.14. The minimum Gasteiger partial charge on any atom is -0.505 e. The van der Waals surface area contributed by atoms with Crippen LogP contribution in [0.25, 0.3) is 0 Å². The van der Waals surface area contributed by atoms with Gasteiger partial charge in [0, 0.05) is 18.4 Å². The molecule has 0 saturated heterocycles. The Balaban J connectivity index is 2.02. The minimum atomic E-state index is -0.248. The summed E-state index contributed by atoms with van der Waals surface area (Å²) < 4.78 is 0. The van der Waals surface area contributed by atoms with Gasteiger partial charge >= 0.3 is 0 Å². The molecule has 1 aliphatic heterocycles. The zero-order valence-corrected chi connectivity index (χ0v) is 11.3. The molecule has 1 unspecified atom stereocenters. The molecule has 4 heteroatoms. The number of anilines is 1. The molecule has 4 nitrogen and oxygen atoms in total. The molecule has 0 saturated carbocycles. The van der Waals surface area contributed by atoms with Gasteiger partial charge in [-0.3, -0.25) is 4.79 Å². The molecule has 1 atom stereocenters. The van der Waals surface area contributed by atoms with Gasteiger partial charge in [0.05, 0.1) is 0 Å². The van der Waals surface area contributed by atoms with Gasteiger partial charge in [-0.1, -0.05) is 25.1 Å². The van der Waals surface area contributed by atoms with E-state index in [-0.39, 0.29) is 17.4 Å². The Morgan fingerprint density at radius 1 is 1.30 bits per heavy atom. The summed E-state index contributed by atoms with van der Waals surface area (Å²) in [6, 6.07) is 11.0. The lowest BCUT2D eigenvalue weighted by Crippen LogP contribution is -2.39. The predicted molar refractivity (Wildman–Crippen MR) is 76.9 cm³/mol. The second kappa shape index (κ2) is 4.96. The number of benzene rings is 1. The van der Waals surface area contributed by atoms with Crippen molar-refractivity contribution < 1.29 is 9.90 Å². The predicted octanol–water partition coefficient (Wildman–Crippen LogP) is 2.63. The normalized spacial score (nSPS) is 17.6. The lowest BCUT2D eigenvalue weighted by molar-refractivity contribution is 0.0973. The van der Waals surface area contributed by atoms with Crippen LogP contribution in [0.2, 0.25) is 0 Å². The van der Waals surface area contributed by atoms with E-state index in [9.17, 15) is 9.90 Å². The number of aromatic nitrogens is 1. The van der Waals surface area contributed by atoms with Crippen LogP contribution in [0, 0.1) is 5.92 Å². The van der Waals surface area contributed by atoms with Crippen LogP contribution >= 0.6 is 0 Å². The van der Waals surface area contributed by atoms with Crippen molar-refractivity contribution in [3.8, 4) is 5.75 Å². The number of amides is 1. The number of fused-ring (bicyclic) bond motifs is 1. The SMILES string of the molecule is CC1Cc2ccccc2N(C(=O)c2ncccc2O)C1. The van der Waals surface area contributed by atoms with Gasteiger partial charge in [0.25, 0.3) is 5.91 Å². The van der Waals surface area contributed by atoms with Crippen molar-refractivity contribution in [3.05, 3.63) is 53.9 Å². The highest BCUT2D eigenvalue weighted by Crippen LogP contribution is 2.31. The summed E-state index contributed by atoms with van der Waals surface area (Å²) in [4.78, 5) is 18.4. The zero-order valence-electron chi connectivity index (χ0n) is 11.3. The zero-order chi connectivity index (χ0) is 14.1. The quantitative estimate of drug-likeness (QED) is 0.865. The van der Waals surface area contributed by atoms with E-state index in [1.807, 2.05) is 24.3 Å². The first-order valence-electron chi connectivity index (χ1n) is 6.70. The van der Waals surface area contributed by atoms with Crippen molar-refractivity contribution in [2.45, 2.75) is 13.3 Å². The van der Waals surface area contributed by atoms with Gasteiger partial charge in [-0.25, -0.2) is 4.98 Å². The molecule has 1 aliphatic rings. The molecule has 1 N–H and O–H groups in total. The number of para-hydroxylation sites is 1. The second-order valence-corrected chi connectivity index (χ2v) is 5.22. The number of hydrogen-bond donors (Lipinski definition) is 1. The molecule has 0 bridgehead atoms. The number of carbonyl (C=O) groups excluding carboxylic acids is 1. The molecular formula is C16H16N2O2. The average Bonchev–Trinajstić information content (AvgIpc) is 2.46. The maximum absolute atomic E-state index is 12.6. The van der Waals surface area contributed by atoms with Crippen LogP contribution in [0.15, 0.2) is 42.6 Å². The molecule has 0 aliphatic carbocycles. The van der Waals surface area contributed by atoms with Crippen LogP contribution < -0.4 is 4.90 Å². The highest BCUT2D eigenvalue weighted by Gasteiger charge is 2.28. The molecule has 3 rings (SSSR count). The molecule has 0 radical (unpaired) electrons. The highest BCUT2D eigenvalue weighted by molar-refractivity contribution is 6.07. The Labute approximate surface area is 117 Å². The van der Waals surface area contributed by atoms with E-state index >= 15 is 0 Å². The van der Waals surface area contributed by atoms with Gasteiger partial charge in [-0.05, 0) is 36.1 Å². The van der Waals surface area contributed by atoms with E-state index in [0.717, 1.165) is 17.7 Å². The summed E-state index contributed by atoms with van der Waals surface area (Å²) in [7, 11) is 0. The van der Waals surface area contributed by atoms with Gasteiger partial charge in [0.2, 0.25) is 0 Å². The first-order chi connectivity index (χ1) is 9.66. The fourth-order valence-corrected chi connectivity index (χ4v) is 2.68. The summed E-state index contributed by atoms with van der Waals surface area (Å²) in [6.07, 6.45) is 2.49. The average molecular weight is 268 g/mol. The van der Waals surface area contributed by atoms with Crippen LogP contribution in [0.1, 0.15) is 23.0 Å². The van der Waals surface area contributed by atoms with Crippen molar-refractivity contribution in [2.75, 3.05) is 11.4 Å². The molecule has 20 heavy (non-hydrogen) atoms. The number of aromatic hydroxyl groups is 1. The summed E-state index contributed by atoms with van der Waals surface area (Å²) in [6.45, 7) is 2.76. The number of pyridine rings is 1. The van der Waals surface area contributed by atoms with Gasteiger partial charge in [-0.2, -0.15) is 0 Å². The molecule has 0 fully saturated rings. The van der Waals surface area contributed by atoms with Crippen LogP contribution in [-0.2, 0) is 6.42 Å². The standard InChI is InChI=1S/C16H16N2O2/c1-11-9-12-5-2-3-6-13(12)18(10-11)16(20)15-14(19)7-4-8-17-15/h2-8,11,19H,9-10H2,1H3. The molecule has 1 aromatic carbocycles. The molecule has 2 aromatic rings. The topological polar surface area (TPSA) is 53.4 Å². The Morgan fingerprint density at radius 3 is 2.90 bits per heavy atom. The molecule has 1 amide bonds. The van der Waals surface area contributed by atoms with E-state index in [0.29, 0.717) is 12.5 Å². The van der Waals surface area contributed by atoms with Crippen molar-refractivity contribution in [3.63, 3.8) is 0 Å². The van der Waals surface area contributed by atoms with Crippen LogP contribution in [0.3, 0.4) is 0 Å². The van der Waals surface area contributed by atoms with Crippen LogP contribution in [-0.4, -0.2) is 22.5 Å². The second-order valence-electron chi connectivity index (χ2n) is 5.22. The summed E-state index contributed by atoms with van der Waals surface area (Å²) in [5.74, 6) is 0.0648.